The molecule has 0 atom stereocenters. The Kier molecular flexibility index (Phi) is 8.49. The molecule has 4 rings (SSSR count). The first kappa shape index (κ1) is 26.4. The maximum Gasteiger partial charge on any atom is 0.227 e. The standard InChI is InChI=1S/C27H34ClN5O2S/c1-4-15-36(34,35)19-22-16-21(5-10-25(22)28)17-26-20(2)18-29-27(31-26)30-23-6-8-24(9-7-23)33-13-11-32(3)12-14-33/h5-10,16,18H,4,11-15,17,19H2,1-3H3,(H,29,30,31). The molecule has 0 bridgehead atoms. The summed E-state index contributed by atoms with van der Waals surface area (Å²) in [5, 5.41) is 3.78. The Morgan fingerprint density at radius 3 is 2.47 bits per heavy atom. The van der Waals surface area contributed by atoms with Gasteiger partial charge < -0.3 is 15.1 Å². The first-order valence-electron chi connectivity index (χ1n) is 12.3. The lowest BCUT2D eigenvalue weighted by Crippen LogP contribution is -2.44. The van der Waals surface area contributed by atoms with Gasteiger partial charge in [0.1, 0.15) is 0 Å². The number of piperazine rings is 1. The van der Waals surface area contributed by atoms with Crippen molar-refractivity contribution in [3.8, 4) is 0 Å². The van der Waals surface area contributed by atoms with Crippen molar-refractivity contribution in [1.82, 2.24) is 14.9 Å². The molecule has 3 aromatic rings. The van der Waals surface area contributed by atoms with Gasteiger partial charge >= 0.3 is 0 Å². The normalized spacial score (nSPS) is 14.7. The largest absolute Gasteiger partial charge is 0.369 e. The molecule has 1 N–H and O–H groups in total. The summed E-state index contributed by atoms with van der Waals surface area (Å²) >= 11 is 6.31. The van der Waals surface area contributed by atoms with Crippen LogP contribution in [0.1, 0.15) is 35.7 Å². The second-order valence-corrected chi connectivity index (χ2v) is 12.1. The molecule has 1 aliphatic rings. The molecular formula is C27H34ClN5O2S. The number of rotatable bonds is 9. The zero-order chi connectivity index (χ0) is 25.7. The number of hydrogen-bond donors (Lipinski definition) is 1. The molecule has 0 amide bonds. The van der Waals surface area contributed by atoms with Gasteiger partial charge in [-0.2, -0.15) is 0 Å². The van der Waals surface area contributed by atoms with Crippen LogP contribution in [0.4, 0.5) is 17.3 Å². The third-order valence-corrected chi connectivity index (χ3v) is 8.59. The first-order valence-corrected chi connectivity index (χ1v) is 14.5. The molecule has 1 aromatic heterocycles. The highest BCUT2D eigenvalue weighted by molar-refractivity contribution is 7.90. The Bertz CT molecular complexity index is 1290. The third kappa shape index (κ3) is 6.96. The van der Waals surface area contributed by atoms with Crippen LogP contribution < -0.4 is 10.2 Å². The highest BCUT2D eigenvalue weighted by Gasteiger charge is 2.16. The van der Waals surface area contributed by atoms with Crippen LogP contribution in [0.3, 0.4) is 0 Å². The topological polar surface area (TPSA) is 78.4 Å². The number of halogens is 1. The molecule has 192 valence electrons. The van der Waals surface area contributed by atoms with Crippen LogP contribution >= 0.6 is 11.6 Å². The van der Waals surface area contributed by atoms with Crippen LogP contribution in [-0.4, -0.2) is 62.3 Å². The van der Waals surface area contributed by atoms with E-state index in [4.69, 9.17) is 16.6 Å². The summed E-state index contributed by atoms with van der Waals surface area (Å²) in [6, 6.07) is 13.9. The zero-order valence-corrected chi connectivity index (χ0v) is 22.7. The fraction of sp³-hybridized carbons (Fsp3) is 0.407. The predicted octanol–water partition coefficient (Wildman–Crippen LogP) is 4.85. The van der Waals surface area contributed by atoms with Gasteiger partial charge in [0.15, 0.2) is 9.84 Å². The summed E-state index contributed by atoms with van der Waals surface area (Å²) in [5.41, 5.74) is 5.60. The van der Waals surface area contributed by atoms with E-state index in [1.54, 1.807) is 6.07 Å². The molecule has 7 nitrogen and oxygen atoms in total. The first-order chi connectivity index (χ1) is 17.2. The maximum absolute atomic E-state index is 12.3. The lowest BCUT2D eigenvalue weighted by molar-refractivity contribution is 0.313. The number of nitrogens with one attached hydrogen (secondary N) is 1. The smallest absolute Gasteiger partial charge is 0.227 e. The SMILES string of the molecule is CCCS(=O)(=O)Cc1cc(Cc2nc(Nc3ccc(N4CCN(C)CC4)cc3)ncc2C)ccc1Cl. The molecule has 1 aliphatic heterocycles. The van der Waals surface area contributed by atoms with Crippen molar-refractivity contribution >= 4 is 38.8 Å². The van der Waals surface area contributed by atoms with Crippen LogP contribution in [0.2, 0.25) is 5.02 Å². The summed E-state index contributed by atoms with van der Waals surface area (Å²) in [6.45, 7) is 8.05. The molecule has 9 heteroatoms. The zero-order valence-electron chi connectivity index (χ0n) is 21.2. The van der Waals surface area contributed by atoms with E-state index in [-0.39, 0.29) is 11.5 Å². The minimum absolute atomic E-state index is 0.0484. The summed E-state index contributed by atoms with van der Waals surface area (Å²) < 4.78 is 24.7. The second-order valence-electron chi connectivity index (χ2n) is 9.48. The lowest BCUT2D eigenvalue weighted by atomic mass is 10.0. The maximum atomic E-state index is 12.3. The molecular weight excluding hydrogens is 494 g/mol. The van der Waals surface area contributed by atoms with Crippen molar-refractivity contribution in [2.45, 2.75) is 32.4 Å². The number of likely N-dealkylation sites (N-methyl/N-ethyl adjacent to an activating group) is 1. The van der Waals surface area contributed by atoms with Gasteiger partial charge in [-0.15, -0.1) is 0 Å². The molecule has 1 saturated heterocycles. The van der Waals surface area contributed by atoms with E-state index in [9.17, 15) is 8.42 Å². The lowest BCUT2D eigenvalue weighted by Gasteiger charge is -2.34. The van der Waals surface area contributed by atoms with Crippen LogP contribution in [-0.2, 0) is 22.0 Å². The van der Waals surface area contributed by atoms with Crippen molar-refractivity contribution in [3.63, 3.8) is 0 Å². The predicted molar refractivity (Wildman–Crippen MR) is 148 cm³/mol. The van der Waals surface area contributed by atoms with Crippen molar-refractivity contribution in [1.29, 1.82) is 0 Å². The van der Waals surface area contributed by atoms with Gasteiger partial charge in [0.25, 0.3) is 0 Å². The van der Waals surface area contributed by atoms with Crippen molar-refractivity contribution < 1.29 is 8.42 Å². The molecule has 0 unspecified atom stereocenters. The molecule has 1 fully saturated rings. The van der Waals surface area contributed by atoms with Gasteiger partial charge in [-0.3, -0.25) is 0 Å². The molecule has 0 radical (unpaired) electrons. The fourth-order valence-electron chi connectivity index (χ4n) is 4.33. The molecule has 0 spiro atoms. The number of hydrogen-bond acceptors (Lipinski definition) is 7. The van der Waals surface area contributed by atoms with E-state index in [1.807, 2.05) is 32.2 Å². The Labute approximate surface area is 219 Å². The molecule has 2 aromatic carbocycles. The monoisotopic (exact) mass is 527 g/mol. The number of anilines is 3. The van der Waals surface area contributed by atoms with Crippen LogP contribution in [0, 0.1) is 6.92 Å². The van der Waals surface area contributed by atoms with Crippen molar-refractivity contribution in [2.24, 2.45) is 0 Å². The van der Waals surface area contributed by atoms with Gasteiger partial charge in [0, 0.05) is 55.2 Å². The van der Waals surface area contributed by atoms with E-state index in [0.717, 1.165) is 48.7 Å². The van der Waals surface area contributed by atoms with E-state index in [1.165, 1.54) is 5.69 Å². The number of nitrogens with zero attached hydrogens (tertiary/aromatic N) is 4. The van der Waals surface area contributed by atoms with Crippen LogP contribution in [0.25, 0.3) is 0 Å². The Balaban J connectivity index is 1.46. The van der Waals surface area contributed by atoms with Crippen LogP contribution in [0.15, 0.2) is 48.7 Å². The van der Waals surface area contributed by atoms with E-state index in [0.29, 0.717) is 29.4 Å². The number of sulfone groups is 1. The van der Waals surface area contributed by atoms with E-state index in [2.05, 4.69) is 51.4 Å². The minimum atomic E-state index is -3.18. The average molecular weight is 528 g/mol. The molecule has 36 heavy (non-hydrogen) atoms. The highest BCUT2D eigenvalue weighted by Crippen LogP contribution is 2.24. The van der Waals surface area contributed by atoms with Crippen molar-refractivity contribution in [3.05, 3.63) is 76.1 Å². The number of aromatic nitrogens is 2. The van der Waals surface area contributed by atoms with Gasteiger partial charge in [-0.1, -0.05) is 30.7 Å². The summed E-state index contributed by atoms with van der Waals surface area (Å²) in [5.74, 6) is 0.639. The fourth-order valence-corrected chi connectivity index (χ4v) is 6.07. The summed E-state index contributed by atoms with van der Waals surface area (Å²) in [7, 11) is -1.03. The van der Waals surface area contributed by atoms with E-state index < -0.39 is 9.84 Å². The Hall–Kier alpha value is -2.68. The summed E-state index contributed by atoms with van der Waals surface area (Å²) in [4.78, 5) is 14.0. The van der Waals surface area contributed by atoms with Gasteiger partial charge in [-0.05, 0) is 67.4 Å². The van der Waals surface area contributed by atoms with Gasteiger partial charge in [-0.25, -0.2) is 18.4 Å². The quantitative estimate of drug-likeness (QED) is 0.426. The Morgan fingerprint density at radius 1 is 1.06 bits per heavy atom. The second kappa shape index (κ2) is 11.6. The molecule has 2 heterocycles. The summed E-state index contributed by atoms with van der Waals surface area (Å²) in [6.07, 6.45) is 2.96. The number of benzene rings is 2. The van der Waals surface area contributed by atoms with Gasteiger partial charge in [0.05, 0.1) is 17.2 Å². The van der Waals surface area contributed by atoms with Crippen LogP contribution in [0.5, 0.6) is 0 Å². The molecule has 0 aliphatic carbocycles. The third-order valence-electron chi connectivity index (χ3n) is 6.44. The Morgan fingerprint density at radius 2 is 1.78 bits per heavy atom. The molecule has 0 saturated carbocycles. The highest BCUT2D eigenvalue weighted by atomic mass is 35.5. The van der Waals surface area contributed by atoms with Crippen molar-refractivity contribution in [2.75, 3.05) is 49.2 Å². The van der Waals surface area contributed by atoms with Gasteiger partial charge in [0.2, 0.25) is 5.95 Å². The average Bonchev–Trinajstić information content (AvgIpc) is 2.84. The number of aryl methyl sites for hydroxylation is 1. The minimum Gasteiger partial charge on any atom is -0.369 e. The van der Waals surface area contributed by atoms with E-state index >= 15 is 0 Å².